The van der Waals surface area contributed by atoms with Crippen molar-refractivity contribution < 1.29 is 22.8 Å². The normalized spacial score (nSPS) is 15.8. The van der Waals surface area contributed by atoms with Gasteiger partial charge in [-0.3, -0.25) is 4.79 Å². The van der Waals surface area contributed by atoms with Gasteiger partial charge in [0, 0.05) is 26.0 Å². The van der Waals surface area contributed by atoms with Crippen molar-refractivity contribution in [1.29, 1.82) is 0 Å². The van der Waals surface area contributed by atoms with Crippen molar-refractivity contribution in [2.75, 3.05) is 38.6 Å². The number of ether oxygens (including phenoxy) is 1. The van der Waals surface area contributed by atoms with Crippen LogP contribution in [0.2, 0.25) is 0 Å². The first kappa shape index (κ1) is 19.7. The molecule has 25 heavy (non-hydrogen) atoms. The summed E-state index contributed by atoms with van der Waals surface area (Å²) < 4.78 is 32.7. The van der Waals surface area contributed by atoms with E-state index in [1.165, 1.54) is 64.6 Å². The van der Waals surface area contributed by atoms with Crippen molar-refractivity contribution in [2.45, 2.75) is 37.5 Å². The highest BCUT2D eigenvalue weighted by molar-refractivity contribution is 7.89. The van der Waals surface area contributed by atoms with Gasteiger partial charge in [-0.2, -0.15) is 0 Å². The van der Waals surface area contributed by atoms with E-state index in [2.05, 4.69) is 10.0 Å². The molecule has 1 fully saturated rings. The van der Waals surface area contributed by atoms with E-state index in [0.29, 0.717) is 18.0 Å². The number of methoxy groups -OCH3 is 1. The smallest absolute Gasteiger partial charge is 0.240 e. The summed E-state index contributed by atoms with van der Waals surface area (Å²) in [5.41, 5.74) is 0.447. The third-order valence-corrected chi connectivity index (χ3v) is 5.81. The van der Waals surface area contributed by atoms with E-state index in [9.17, 15) is 13.2 Å². The number of hydrogen-bond donors (Lipinski definition) is 3. The number of benzene rings is 1. The number of carbonyl (C=O) groups is 1. The summed E-state index contributed by atoms with van der Waals surface area (Å²) in [5.74, 6) is 0.0723. The predicted octanol–water partition coefficient (Wildman–Crippen LogP) is 0.391. The van der Waals surface area contributed by atoms with Gasteiger partial charge in [-0.15, -0.1) is 0 Å². The van der Waals surface area contributed by atoms with E-state index in [-0.39, 0.29) is 10.8 Å². The average molecular weight is 370 g/mol. The quantitative estimate of drug-likeness (QED) is 0.578. The second-order valence-electron chi connectivity index (χ2n) is 6.36. The van der Waals surface area contributed by atoms with E-state index in [1.54, 1.807) is 4.90 Å². The minimum atomic E-state index is -3.59. The fraction of sp³-hybridized carbons (Fsp3) is 0.588. The summed E-state index contributed by atoms with van der Waals surface area (Å²) in [5, 5.41) is 2.61. The van der Waals surface area contributed by atoms with E-state index in [1.807, 2.05) is 0 Å². The van der Waals surface area contributed by atoms with Gasteiger partial charge < -0.3 is 15.0 Å². The number of anilines is 1. The molecule has 140 valence electrons. The molecule has 1 saturated heterocycles. The molecule has 1 aromatic rings. The summed E-state index contributed by atoms with van der Waals surface area (Å²) >= 11 is 0. The largest absolute Gasteiger partial charge is 0.495 e. The van der Waals surface area contributed by atoms with Gasteiger partial charge in [0.25, 0.3) is 0 Å². The van der Waals surface area contributed by atoms with Gasteiger partial charge in [-0.05, 0) is 31.4 Å². The highest BCUT2D eigenvalue weighted by atomic mass is 32.2. The van der Waals surface area contributed by atoms with E-state index in [0.717, 1.165) is 13.0 Å². The summed E-state index contributed by atoms with van der Waals surface area (Å²) in [4.78, 5) is 12.9. The van der Waals surface area contributed by atoms with Crippen molar-refractivity contribution in [3.63, 3.8) is 0 Å². The predicted molar refractivity (Wildman–Crippen MR) is 96.5 cm³/mol. The van der Waals surface area contributed by atoms with Crippen LogP contribution in [0.25, 0.3) is 0 Å². The molecule has 1 amide bonds. The maximum absolute atomic E-state index is 12.4. The van der Waals surface area contributed by atoms with E-state index in [4.69, 9.17) is 4.74 Å². The lowest BCUT2D eigenvalue weighted by Gasteiger charge is -2.23. The SMILES string of the molecule is COc1cc(S(=O)(=O)NCCC[NH+]2CCCCC2)ccc1NC(C)=O. The molecule has 1 aliphatic heterocycles. The highest BCUT2D eigenvalue weighted by Crippen LogP contribution is 2.27. The van der Waals surface area contributed by atoms with Gasteiger partial charge in [0.15, 0.2) is 0 Å². The van der Waals surface area contributed by atoms with Crippen LogP contribution in [0.5, 0.6) is 5.75 Å². The van der Waals surface area contributed by atoms with Gasteiger partial charge >= 0.3 is 0 Å². The lowest BCUT2D eigenvalue weighted by molar-refractivity contribution is -0.904. The van der Waals surface area contributed by atoms with Crippen molar-refractivity contribution in [3.8, 4) is 5.75 Å². The summed E-state index contributed by atoms with van der Waals surface area (Å²) in [7, 11) is -2.16. The standard InChI is InChI=1S/C17H27N3O4S/c1-14(21)19-16-8-7-15(13-17(16)24-2)25(22,23)18-9-6-12-20-10-4-3-5-11-20/h7-8,13,18H,3-6,9-12H2,1-2H3,(H,19,21)/p+1. The summed E-state index contributed by atoms with van der Waals surface area (Å²) in [6, 6.07) is 4.42. The van der Waals surface area contributed by atoms with Crippen LogP contribution in [-0.4, -0.2) is 47.6 Å². The summed E-state index contributed by atoms with van der Waals surface area (Å²) in [6.45, 7) is 5.17. The number of rotatable bonds is 8. The van der Waals surface area contributed by atoms with Gasteiger partial charge in [-0.1, -0.05) is 0 Å². The third-order valence-electron chi connectivity index (χ3n) is 4.35. The maximum Gasteiger partial charge on any atom is 0.240 e. The van der Waals surface area contributed by atoms with Crippen molar-refractivity contribution >= 4 is 21.6 Å². The van der Waals surface area contributed by atoms with E-state index < -0.39 is 10.0 Å². The first-order valence-electron chi connectivity index (χ1n) is 8.71. The second kappa shape index (κ2) is 9.17. The molecule has 0 atom stereocenters. The number of amides is 1. The highest BCUT2D eigenvalue weighted by Gasteiger charge is 2.18. The molecule has 0 radical (unpaired) electrons. The Kier molecular flexibility index (Phi) is 7.22. The molecule has 1 aromatic carbocycles. The Labute approximate surface area is 149 Å². The number of piperidine rings is 1. The minimum absolute atomic E-state index is 0.128. The van der Waals surface area contributed by atoms with Crippen LogP contribution in [0.3, 0.4) is 0 Å². The number of quaternary nitrogens is 1. The van der Waals surface area contributed by atoms with Crippen LogP contribution in [-0.2, 0) is 14.8 Å². The zero-order valence-corrected chi connectivity index (χ0v) is 15.7. The number of sulfonamides is 1. The molecule has 0 aliphatic carbocycles. The third kappa shape index (κ3) is 5.98. The summed E-state index contributed by atoms with van der Waals surface area (Å²) in [6.07, 6.45) is 4.66. The van der Waals surface area contributed by atoms with Crippen molar-refractivity contribution in [1.82, 2.24) is 4.72 Å². The Balaban J connectivity index is 1.92. The van der Waals surface area contributed by atoms with Crippen LogP contribution in [0, 0.1) is 0 Å². The number of likely N-dealkylation sites (tertiary alicyclic amines) is 1. The molecule has 0 unspecified atom stereocenters. The molecule has 0 spiro atoms. The monoisotopic (exact) mass is 370 g/mol. The van der Waals surface area contributed by atoms with Gasteiger partial charge in [0.2, 0.25) is 15.9 Å². The zero-order chi connectivity index (χ0) is 18.3. The van der Waals surface area contributed by atoms with Crippen molar-refractivity contribution in [3.05, 3.63) is 18.2 Å². The van der Waals surface area contributed by atoms with Gasteiger partial charge in [0.1, 0.15) is 5.75 Å². The molecule has 0 bridgehead atoms. The van der Waals surface area contributed by atoms with Crippen LogP contribution in [0.1, 0.15) is 32.6 Å². The molecule has 2 rings (SSSR count). The van der Waals surface area contributed by atoms with E-state index >= 15 is 0 Å². The number of carbonyl (C=O) groups excluding carboxylic acids is 1. The maximum atomic E-state index is 12.4. The first-order chi connectivity index (χ1) is 11.9. The number of hydrogen-bond acceptors (Lipinski definition) is 4. The van der Waals surface area contributed by atoms with Gasteiger partial charge in [0.05, 0.1) is 37.3 Å². The minimum Gasteiger partial charge on any atom is -0.495 e. The molecule has 1 heterocycles. The second-order valence-corrected chi connectivity index (χ2v) is 8.12. The molecular weight excluding hydrogens is 342 g/mol. The molecule has 7 nitrogen and oxygen atoms in total. The van der Waals surface area contributed by atoms with Gasteiger partial charge in [-0.25, -0.2) is 13.1 Å². The molecule has 0 saturated carbocycles. The Morgan fingerprint density at radius 2 is 1.96 bits per heavy atom. The van der Waals surface area contributed by atoms with Crippen molar-refractivity contribution in [2.24, 2.45) is 0 Å². The van der Waals surface area contributed by atoms with Crippen LogP contribution in [0.4, 0.5) is 5.69 Å². The first-order valence-corrected chi connectivity index (χ1v) is 10.2. The average Bonchev–Trinajstić information content (AvgIpc) is 2.59. The van der Waals surface area contributed by atoms with Crippen LogP contribution in [0.15, 0.2) is 23.1 Å². The topological polar surface area (TPSA) is 88.9 Å². The lowest BCUT2D eigenvalue weighted by atomic mass is 10.1. The molecule has 1 aliphatic rings. The fourth-order valence-electron chi connectivity index (χ4n) is 3.06. The number of nitrogens with one attached hydrogen (secondary N) is 3. The van der Waals surface area contributed by atoms with Crippen LogP contribution >= 0.6 is 0 Å². The molecule has 3 N–H and O–H groups in total. The zero-order valence-electron chi connectivity index (χ0n) is 14.9. The Morgan fingerprint density at radius 3 is 2.60 bits per heavy atom. The molecule has 0 aromatic heterocycles. The lowest BCUT2D eigenvalue weighted by Crippen LogP contribution is -3.12. The Bertz CT molecular complexity index is 685. The Morgan fingerprint density at radius 1 is 1.24 bits per heavy atom. The molecular formula is C17H28N3O4S+. The Hall–Kier alpha value is -1.64. The van der Waals surface area contributed by atoms with Crippen LogP contribution < -0.4 is 19.7 Å². The molecule has 8 heteroatoms. The fourth-order valence-corrected chi connectivity index (χ4v) is 4.15.